The molecule has 20 heavy (non-hydrogen) atoms. The van der Waals surface area contributed by atoms with Crippen molar-refractivity contribution < 1.29 is 4.79 Å². The number of anilines is 1. The molecule has 0 aliphatic rings. The number of nitrogens with one attached hydrogen (secondary N) is 4. The highest BCUT2D eigenvalue weighted by Crippen LogP contribution is 2.18. The SMILES string of the molecule is O=C(Nc1ccc(-c2cc(=O)[nH][nH]2)cc1)c1cn[nH]n1. The summed E-state index contributed by atoms with van der Waals surface area (Å²) < 4.78 is 0. The van der Waals surface area contributed by atoms with Crippen LogP contribution in [0.1, 0.15) is 10.5 Å². The lowest BCUT2D eigenvalue weighted by molar-refractivity contribution is 0.102. The number of carbonyl (C=O) groups excluding carboxylic acids is 1. The Balaban J connectivity index is 1.76. The molecule has 1 amide bonds. The molecule has 0 aliphatic heterocycles. The number of aromatic nitrogens is 5. The smallest absolute Gasteiger partial charge is 0.277 e. The highest BCUT2D eigenvalue weighted by molar-refractivity contribution is 6.02. The van der Waals surface area contributed by atoms with Crippen LogP contribution in [0.3, 0.4) is 0 Å². The largest absolute Gasteiger partial charge is 0.321 e. The van der Waals surface area contributed by atoms with Crippen molar-refractivity contribution in [3.63, 3.8) is 0 Å². The van der Waals surface area contributed by atoms with Gasteiger partial charge in [0.2, 0.25) is 0 Å². The maximum absolute atomic E-state index is 11.7. The molecule has 2 heterocycles. The summed E-state index contributed by atoms with van der Waals surface area (Å²) in [4.78, 5) is 22.8. The zero-order chi connectivity index (χ0) is 13.9. The first-order chi connectivity index (χ1) is 9.72. The van der Waals surface area contributed by atoms with Crippen LogP contribution in [0, 0.1) is 0 Å². The number of H-pyrrole nitrogens is 3. The van der Waals surface area contributed by atoms with E-state index in [1.807, 2.05) is 0 Å². The molecule has 8 heteroatoms. The van der Waals surface area contributed by atoms with Gasteiger partial charge in [0, 0.05) is 11.8 Å². The maximum atomic E-state index is 11.7. The highest BCUT2D eigenvalue weighted by Gasteiger charge is 2.08. The lowest BCUT2D eigenvalue weighted by Gasteiger charge is -2.03. The lowest BCUT2D eigenvalue weighted by Crippen LogP contribution is -2.12. The highest BCUT2D eigenvalue weighted by atomic mass is 16.2. The van der Waals surface area contributed by atoms with E-state index in [0.29, 0.717) is 11.4 Å². The zero-order valence-electron chi connectivity index (χ0n) is 10.2. The van der Waals surface area contributed by atoms with Crippen LogP contribution >= 0.6 is 0 Å². The summed E-state index contributed by atoms with van der Waals surface area (Å²) in [6.07, 6.45) is 1.34. The van der Waals surface area contributed by atoms with Crippen molar-refractivity contribution in [2.75, 3.05) is 5.32 Å². The number of carbonyl (C=O) groups is 1. The second-order valence-corrected chi connectivity index (χ2v) is 4.06. The summed E-state index contributed by atoms with van der Waals surface area (Å²) in [5, 5.41) is 17.5. The Morgan fingerprint density at radius 3 is 2.55 bits per heavy atom. The molecule has 0 bridgehead atoms. The van der Waals surface area contributed by atoms with Gasteiger partial charge in [0.15, 0.2) is 5.69 Å². The Labute approximate surface area is 112 Å². The van der Waals surface area contributed by atoms with Crippen LogP contribution in [0.15, 0.2) is 41.3 Å². The average Bonchev–Trinajstić information content (AvgIpc) is 3.10. The van der Waals surface area contributed by atoms with Gasteiger partial charge in [-0.05, 0) is 17.7 Å². The van der Waals surface area contributed by atoms with E-state index in [0.717, 1.165) is 5.56 Å². The van der Waals surface area contributed by atoms with E-state index in [9.17, 15) is 9.59 Å². The molecule has 0 fully saturated rings. The molecule has 0 radical (unpaired) electrons. The van der Waals surface area contributed by atoms with Crippen LogP contribution in [0.25, 0.3) is 11.3 Å². The summed E-state index contributed by atoms with van der Waals surface area (Å²) in [7, 11) is 0. The van der Waals surface area contributed by atoms with Crippen LogP contribution in [0.4, 0.5) is 5.69 Å². The molecule has 0 aliphatic carbocycles. The molecule has 3 rings (SSSR count). The quantitative estimate of drug-likeness (QED) is 0.561. The third kappa shape index (κ3) is 2.34. The fraction of sp³-hybridized carbons (Fsp3) is 0. The molecule has 4 N–H and O–H groups in total. The van der Waals surface area contributed by atoms with Crippen molar-refractivity contribution in [2.45, 2.75) is 0 Å². The van der Waals surface area contributed by atoms with Gasteiger partial charge in [-0.1, -0.05) is 12.1 Å². The minimum absolute atomic E-state index is 0.191. The minimum Gasteiger partial charge on any atom is -0.321 e. The summed E-state index contributed by atoms with van der Waals surface area (Å²) in [5.41, 5.74) is 2.17. The standard InChI is InChI=1S/C12H10N6O2/c19-11-5-9(15-17-11)7-1-3-8(4-2-7)14-12(20)10-6-13-18-16-10/h1-6H,(H,14,20)(H,13,16,18)(H2,15,17,19). The number of benzene rings is 1. The molecule has 0 saturated carbocycles. The van der Waals surface area contributed by atoms with Crippen molar-refractivity contribution in [1.29, 1.82) is 0 Å². The Kier molecular flexibility index (Phi) is 2.88. The molecule has 100 valence electrons. The summed E-state index contributed by atoms with van der Waals surface area (Å²) in [6.45, 7) is 0. The predicted molar refractivity (Wildman–Crippen MR) is 71.2 cm³/mol. The lowest BCUT2D eigenvalue weighted by atomic mass is 10.1. The van der Waals surface area contributed by atoms with Gasteiger partial charge in [-0.15, -0.1) is 0 Å². The van der Waals surface area contributed by atoms with E-state index in [2.05, 4.69) is 30.9 Å². The Morgan fingerprint density at radius 2 is 1.95 bits per heavy atom. The predicted octanol–water partition coefficient (Wildman–Crippen LogP) is 0.740. The van der Waals surface area contributed by atoms with Crippen LogP contribution in [-0.2, 0) is 0 Å². The molecule has 0 saturated heterocycles. The molecule has 0 atom stereocenters. The van der Waals surface area contributed by atoms with Crippen LogP contribution < -0.4 is 10.9 Å². The van der Waals surface area contributed by atoms with E-state index in [1.54, 1.807) is 24.3 Å². The summed E-state index contributed by atoms with van der Waals surface area (Å²) in [6, 6.07) is 8.51. The third-order valence-corrected chi connectivity index (χ3v) is 2.70. The van der Waals surface area contributed by atoms with Gasteiger partial charge in [-0.3, -0.25) is 19.8 Å². The van der Waals surface area contributed by atoms with Crippen LogP contribution in [0.2, 0.25) is 0 Å². The van der Waals surface area contributed by atoms with E-state index in [1.165, 1.54) is 12.3 Å². The molecule has 0 unspecified atom stereocenters. The number of hydrogen-bond acceptors (Lipinski definition) is 4. The van der Waals surface area contributed by atoms with Crippen molar-refractivity contribution in [3.05, 3.63) is 52.6 Å². The summed E-state index contributed by atoms with van der Waals surface area (Å²) in [5.74, 6) is -0.346. The van der Waals surface area contributed by atoms with Crippen molar-refractivity contribution >= 4 is 11.6 Å². The number of nitrogens with zero attached hydrogens (tertiary/aromatic N) is 2. The minimum atomic E-state index is -0.346. The number of rotatable bonds is 3. The molecule has 2 aromatic heterocycles. The fourth-order valence-corrected chi connectivity index (χ4v) is 1.73. The molecule has 0 spiro atoms. The van der Waals surface area contributed by atoms with Gasteiger partial charge < -0.3 is 5.32 Å². The zero-order valence-corrected chi connectivity index (χ0v) is 10.2. The van der Waals surface area contributed by atoms with E-state index in [-0.39, 0.29) is 17.2 Å². The fourth-order valence-electron chi connectivity index (χ4n) is 1.73. The first kappa shape index (κ1) is 11.9. The van der Waals surface area contributed by atoms with Gasteiger partial charge in [0.05, 0.1) is 11.9 Å². The van der Waals surface area contributed by atoms with Gasteiger partial charge >= 0.3 is 0 Å². The first-order valence-corrected chi connectivity index (χ1v) is 5.77. The number of amides is 1. The van der Waals surface area contributed by atoms with Crippen molar-refractivity contribution in [3.8, 4) is 11.3 Å². The molecule has 1 aromatic carbocycles. The first-order valence-electron chi connectivity index (χ1n) is 5.77. The molecule has 8 nitrogen and oxygen atoms in total. The Hall–Kier alpha value is -3.16. The third-order valence-electron chi connectivity index (χ3n) is 2.70. The maximum Gasteiger partial charge on any atom is 0.277 e. The van der Waals surface area contributed by atoms with E-state index >= 15 is 0 Å². The second-order valence-electron chi connectivity index (χ2n) is 4.06. The van der Waals surface area contributed by atoms with Crippen LogP contribution in [-0.4, -0.2) is 31.5 Å². The average molecular weight is 270 g/mol. The molecular formula is C12H10N6O2. The number of hydrogen-bond donors (Lipinski definition) is 4. The van der Waals surface area contributed by atoms with Gasteiger partial charge in [0.1, 0.15) is 0 Å². The normalized spacial score (nSPS) is 10.4. The van der Waals surface area contributed by atoms with Gasteiger partial charge in [0.25, 0.3) is 11.5 Å². The van der Waals surface area contributed by atoms with Crippen LogP contribution in [0.5, 0.6) is 0 Å². The second kappa shape index (κ2) is 4.84. The molecule has 3 aromatic rings. The van der Waals surface area contributed by atoms with Gasteiger partial charge in [-0.25, -0.2) is 0 Å². The van der Waals surface area contributed by atoms with Crippen molar-refractivity contribution in [2.24, 2.45) is 0 Å². The van der Waals surface area contributed by atoms with Crippen molar-refractivity contribution in [1.82, 2.24) is 25.6 Å². The van der Waals surface area contributed by atoms with E-state index < -0.39 is 0 Å². The monoisotopic (exact) mass is 270 g/mol. The Morgan fingerprint density at radius 1 is 1.15 bits per heavy atom. The summed E-state index contributed by atoms with van der Waals surface area (Å²) >= 11 is 0. The topological polar surface area (TPSA) is 119 Å². The molecular weight excluding hydrogens is 260 g/mol. The Bertz CT molecular complexity index is 769. The number of aromatic amines is 3. The van der Waals surface area contributed by atoms with Gasteiger partial charge in [-0.2, -0.15) is 15.4 Å². The van der Waals surface area contributed by atoms with E-state index in [4.69, 9.17) is 0 Å².